The van der Waals surface area contributed by atoms with Gasteiger partial charge in [-0.25, -0.2) is 4.79 Å². The number of nitrogens with one attached hydrogen (secondary N) is 1. The summed E-state index contributed by atoms with van der Waals surface area (Å²) in [5, 5.41) is 2.52. The summed E-state index contributed by atoms with van der Waals surface area (Å²) < 4.78 is 0. The Labute approximate surface area is 67.8 Å². The molecule has 0 spiro atoms. The van der Waals surface area contributed by atoms with Gasteiger partial charge in [0.1, 0.15) is 0 Å². The first kappa shape index (κ1) is 12.3. The number of rotatable bonds is 4. The Morgan fingerprint density at radius 3 is 2.50 bits per heavy atom. The van der Waals surface area contributed by atoms with Gasteiger partial charge in [0.2, 0.25) is 0 Å². The van der Waals surface area contributed by atoms with E-state index in [-0.39, 0.29) is 12.4 Å². The summed E-state index contributed by atoms with van der Waals surface area (Å²) in [5.41, 5.74) is 4.82. The van der Waals surface area contributed by atoms with Gasteiger partial charge in [-0.3, -0.25) is 0 Å². The molecule has 4 heteroatoms. The summed E-state index contributed by atoms with van der Waals surface area (Å²) in [7, 11) is 0. The average Bonchev–Trinajstić information content (AvgIpc) is 1.80. The van der Waals surface area contributed by atoms with E-state index in [1.807, 2.05) is 0 Å². The van der Waals surface area contributed by atoms with Crippen LogP contribution in [0.3, 0.4) is 0 Å². The molecule has 62 valence electrons. The lowest BCUT2D eigenvalue weighted by molar-refractivity contribution is 0.248. The SMILES string of the molecule is CCCCCNC(N)=O.Cl. The minimum Gasteiger partial charge on any atom is -0.352 e. The third-order valence-corrected chi connectivity index (χ3v) is 1.08. The van der Waals surface area contributed by atoms with Crippen LogP contribution in [0.1, 0.15) is 26.2 Å². The van der Waals surface area contributed by atoms with Gasteiger partial charge in [-0.1, -0.05) is 19.8 Å². The third kappa shape index (κ3) is 10.5. The highest BCUT2D eigenvalue weighted by atomic mass is 35.5. The van der Waals surface area contributed by atoms with Crippen LogP contribution in [-0.2, 0) is 0 Å². The van der Waals surface area contributed by atoms with Crippen molar-refractivity contribution in [3.63, 3.8) is 0 Å². The lowest BCUT2D eigenvalue weighted by atomic mass is 10.2. The van der Waals surface area contributed by atoms with E-state index < -0.39 is 6.03 Å². The fraction of sp³-hybridized carbons (Fsp3) is 0.833. The number of amides is 2. The Balaban J connectivity index is 0. The van der Waals surface area contributed by atoms with Gasteiger partial charge < -0.3 is 11.1 Å². The maximum absolute atomic E-state index is 10.1. The number of carbonyl (C=O) groups excluding carboxylic acids is 1. The van der Waals surface area contributed by atoms with E-state index in [0.29, 0.717) is 6.54 Å². The van der Waals surface area contributed by atoms with Crippen LogP contribution < -0.4 is 11.1 Å². The zero-order valence-corrected chi connectivity index (χ0v) is 7.04. The van der Waals surface area contributed by atoms with E-state index >= 15 is 0 Å². The van der Waals surface area contributed by atoms with Crippen LogP contribution >= 0.6 is 12.4 Å². The summed E-state index contributed by atoms with van der Waals surface area (Å²) in [6.07, 6.45) is 3.35. The predicted molar refractivity (Wildman–Crippen MR) is 44.4 cm³/mol. The van der Waals surface area contributed by atoms with Crippen molar-refractivity contribution in [3.8, 4) is 0 Å². The second kappa shape index (κ2) is 8.56. The number of halogens is 1. The number of primary amides is 1. The summed E-state index contributed by atoms with van der Waals surface area (Å²) in [6.45, 7) is 2.83. The van der Waals surface area contributed by atoms with Crippen molar-refractivity contribution in [3.05, 3.63) is 0 Å². The van der Waals surface area contributed by atoms with Gasteiger partial charge in [-0.15, -0.1) is 12.4 Å². The molecule has 0 bridgehead atoms. The molecule has 0 aromatic rings. The normalized spacial score (nSPS) is 8.10. The van der Waals surface area contributed by atoms with Gasteiger partial charge in [0.05, 0.1) is 0 Å². The molecule has 0 rings (SSSR count). The zero-order valence-electron chi connectivity index (χ0n) is 6.22. The summed E-state index contributed by atoms with van der Waals surface area (Å²) in [5.74, 6) is 0. The van der Waals surface area contributed by atoms with Crippen LogP contribution in [0.25, 0.3) is 0 Å². The fourth-order valence-electron chi connectivity index (χ4n) is 0.587. The number of carbonyl (C=O) groups is 1. The quantitative estimate of drug-likeness (QED) is 0.608. The summed E-state index contributed by atoms with van der Waals surface area (Å²) >= 11 is 0. The molecule has 0 aromatic heterocycles. The number of hydrogen-bond donors (Lipinski definition) is 2. The summed E-state index contributed by atoms with van der Waals surface area (Å²) in [4.78, 5) is 10.1. The van der Waals surface area contributed by atoms with Crippen molar-refractivity contribution >= 4 is 18.4 Å². The predicted octanol–water partition coefficient (Wildman–Crippen LogP) is 1.27. The zero-order chi connectivity index (χ0) is 7.11. The van der Waals surface area contributed by atoms with Gasteiger partial charge >= 0.3 is 6.03 Å². The van der Waals surface area contributed by atoms with Crippen molar-refractivity contribution in [2.45, 2.75) is 26.2 Å². The molecule has 3 nitrogen and oxygen atoms in total. The Hall–Kier alpha value is -0.440. The minimum atomic E-state index is -0.425. The van der Waals surface area contributed by atoms with Crippen LogP contribution in [0.15, 0.2) is 0 Å². The van der Waals surface area contributed by atoms with E-state index in [2.05, 4.69) is 12.2 Å². The smallest absolute Gasteiger partial charge is 0.312 e. The highest BCUT2D eigenvalue weighted by Crippen LogP contribution is 1.90. The van der Waals surface area contributed by atoms with Crippen molar-refractivity contribution in [2.24, 2.45) is 5.73 Å². The summed E-state index contributed by atoms with van der Waals surface area (Å²) in [6, 6.07) is -0.425. The van der Waals surface area contributed by atoms with Gasteiger partial charge in [0.25, 0.3) is 0 Å². The van der Waals surface area contributed by atoms with Crippen LogP contribution in [0, 0.1) is 0 Å². The molecule has 0 aliphatic rings. The molecule has 0 fully saturated rings. The lowest BCUT2D eigenvalue weighted by Crippen LogP contribution is -2.29. The van der Waals surface area contributed by atoms with Crippen molar-refractivity contribution in [2.75, 3.05) is 6.54 Å². The molecule has 0 atom stereocenters. The standard InChI is InChI=1S/C6H14N2O.ClH/c1-2-3-4-5-8-6(7)9;/h2-5H2,1H3,(H3,7,8,9);1H. The van der Waals surface area contributed by atoms with E-state index in [1.165, 1.54) is 6.42 Å². The second-order valence-corrected chi connectivity index (χ2v) is 2.00. The molecule has 0 radical (unpaired) electrons. The second-order valence-electron chi connectivity index (χ2n) is 2.00. The maximum atomic E-state index is 10.1. The van der Waals surface area contributed by atoms with Crippen LogP contribution in [0.2, 0.25) is 0 Å². The Bertz CT molecular complexity index is 87.8. The molecular weight excluding hydrogens is 152 g/mol. The number of unbranched alkanes of at least 4 members (excludes halogenated alkanes) is 2. The van der Waals surface area contributed by atoms with E-state index in [4.69, 9.17) is 5.73 Å². The molecule has 0 unspecified atom stereocenters. The third-order valence-electron chi connectivity index (χ3n) is 1.08. The largest absolute Gasteiger partial charge is 0.352 e. The van der Waals surface area contributed by atoms with Crippen LogP contribution in [0.4, 0.5) is 4.79 Å². The Morgan fingerprint density at radius 1 is 1.50 bits per heavy atom. The molecular formula is C6H15ClN2O. The number of urea groups is 1. The number of nitrogens with two attached hydrogens (primary N) is 1. The van der Waals surface area contributed by atoms with Crippen molar-refractivity contribution < 1.29 is 4.79 Å². The monoisotopic (exact) mass is 166 g/mol. The fourth-order valence-corrected chi connectivity index (χ4v) is 0.587. The van der Waals surface area contributed by atoms with Crippen molar-refractivity contribution in [1.29, 1.82) is 0 Å². The highest BCUT2D eigenvalue weighted by Gasteiger charge is 1.88. The molecule has 0 aromatic carbocycles. The molecule has 0 heterocycles. The first-order valence-electron chi connectivity index (χ1n) is 3.30. The molecule has 0 saturated carbocycles. The molecule has 0 aliphatic carbocycles. The molecule has 2 amide bonds. The maximum Gasteiger partial charge on any atom is 0.312 e. The number of hydrogen-bond acceptors (Lipinski definition) is 1. The topological polar surface area (TPSA) is 55.1 Å². The molecule has 0 aliphatic heterocycles. The highest BCUT2D eigenvalue weighted by molar-refractivity contribution is 5.85. The first-order chi connectivity index (χ1) is 4.27. The van der Waals surface area contributed by atoms with E-state index in [1.54, 1.807) is 0 Å². The molecule has 3 N–H and O–H groups in total. The first-order valence-corrected chi connectivity index (χ1v) is 3.30. The van der Waals surface area contributed by atoms with Gasteiger partial charge in [0, 0.05) is 6.54 Å². The van der Waals surface area contributed by atoms with Gasteiger partial charge in [-0.2, -0.15) is 0 Å². The Kier molecular flexibility index (Phi) is 10.5. The Morgan fingerprint density at radius 2 is 2.10 bits per heavy atom. The van der Waals surface area contributed by atoms with Gasteiger partial charge in [-0.05, 0) is 6.42 Å². The minimum absolute atomic E-state index is 0. The van der Waals surface area contributed by atoms with E-state index in [9.17, 15) is 4.79 Å². The lowest BCUT2D eigenvalue weighted by Gasteiger charge is -1.97. The average molecular weight is 167 g/mol. The van der Waals surface area contributed by atoms with E-state index in [0.717, 1.165) is 12.8 Å². The molecule has 0 saturated heterocycles. The van der Waals surface area contributed by atoms with Crippen molar-refractivity contribution in [1.82, 2.24) is 5.32 Å². The van der Waals surface area contributed by atoms with Crippen LogP contribution in [-0.4, -0.2) is 12.6 Å². The molecule has 10 heavy (non-hydrogen) atoms. The van der Waals surface area contributed by atoms with Gasteiger partial charge in [0.15, 0.2) is 0 Å². The van der Waals surface area contributed by atoms with Crippen LogP contribution in [0.5, 0.6) is 0 Å².